The van der Waals surface area contributed by atoms with E-state index in [4.69, 9.17) is 10.1 Å². The molecule has 1 aromatic heterocycles. The zero-order valence-corrected chi connectivity index (χ0v) is 12.5. The molecule has 0 saturated heterocycles. The molecule has 0 saturated carbocycles. The van der Waals surface area contributed by atoms with Crippen LogP contribution < -0.4 is 10.3 Å². The lowest BCUT2D eigenvalue weighted by Crippen LogP contribution is -2.15. The summed E-state index contributed by atoms with van der Waals surface area (Å²) >= 11 is 0. The number of benzene rings is 2. The number of H-pyrrole nitrogens is 1. The molecule has 0 unspecified atom stereocenters. The van der Waals surface area contributed by atoms with Crippen LogP contribution in [0.5, 0.6) is 5.88 Å². The molecule has 0 bridgehead atoms. The van der Waals surface area contributed by atoms with E-state index in [1.165, 1.54) is 6.07 Å². The number of nitrogens with one attached hydrogen (secondary N) is 2. The number of hydrogen-bond donors (Lipinski definition) is 2. The van der Waals surface area contributed by atoms with Gasteiger partial charge in [-0.15, -0.1) is 0 Å². The van der Waals surface area contributed by atoms with E-state index in [0.29, 0.717) is 12.1 Å². The van der Waals surface area contributed by atoms with Gasteiger partial charge in [0.1, 0.15) is 29.9 Å². The van der Waals surface area contributed by atoms with E-state index in [1.54, 1.807) is 0 Å². The summed E-state index contributed by atoms with van der Waals surface area (Å²) in [6.45, 7) is -0.649. The lowest BCUT2D eigenvalue weighted by Gasteiger charge is -2.12. The van der Waals surface area contributed by atoms with Gasteiger partial charge in [0.25, 0.3) is 5.56 Å². The molecule has 0 amide bonds. The van der Waals surface area contributed by atoms with Crippen LogP contribution in [0.15, 0.2) is 35.1 Å². The molecule has 0 aliphatic carbocycles. The highest BCUT2D eigenvalue weighted by Crippen LogP contribution is 2.26. The maximum absolute atomic E-state index is 13.7. The molecule has 0 aliphatic rings. The van der Waals surface area contributed by atoms with Gasteiger partial charge in [0.05, 0.1) is 11.1 Å². The first-order valence-electron chi connectivity index (χ1n) is 7.03. The van der Waals surface area contributed by atoms with Crippen molar-refractivity contribution >= 4 is 17.0 Å². The van der Waals surface area contributed by atoms with Crippen LogP contribution in [0.4, 0.5) is 17.6 Å². The number of hydrogen-bond acceptors (Lipinski definition) is 3. The van der Waals surface area contributed by atoms with Crippen LogP contribution in [-0.4, -0.2) is 11.2 Å². The van der Waals surface area contributed by atoms with Crippen LogP contribution in [0.2, 0.25) is 0 Å². The van der Waals surface area contributed by atoms with Gasteiger partial charge in [0.2, 0.25) is 5.88 Å². The Morgan fingerprint density at radius 1 is 1.00 bits per heavy atom. The monoisotopic (exact) mass is 350 g/mol. The summed E-state index contributed by atoms with van der Waals surface area (Å²) in [5.74, 6) is -4.21. The molecular formula is C17H10F4N2O2. The molecule has 3 aromatic rings. The summed E-state index contributed by atoms with van der Waals surface area (Å²) in [4.78, 5) is 14.3. The number of ether oxygens (including phenoxy) is 1. The number of rotatable bonds is 4. The van der Waals surface area contributed by atoms with Gasteiger partial charge in [-0.3, -0.25) is 9.78 Å². The van der Waals surface area contributed by atoms with Gasteiger partial charge in [-0.2, -0.15) is 0 Å². The maximum atomic E-state index is 13.7. The Bertz CT molecular complexity index is 1020. The molecule has 128 valence electrons. The second-order valence-electron chi connectivity index (χ2n) is 5.17. The van der Waals surface area contributed by atoms with Crippen LogP contribution in [0.1, 0.15) is 11.1 Å². The predicted octanol–water partition coefficient (Wildman–Crippen LogP) is 3.66. The number of pyridine rings is 1. The maximum Gasteiger partial charge on any atom is 0.260 e. The topological polar surface area (TPSA) is 65.9 Å². The minimum Gasteiger partial charge on any atom is -0.473 e. The number of aromatic amines is 1. The van der Waals surface area contributed by atoms with Gasteiger partial charge in [-0.25, -0.2) is 17.6 Å². The van der Waals surface area contributed by atoms with Crippen LogP contribution in [0.25, 0.3) is 10.8 Å². The average Bonchev–Trinajstić information content (AvgIpc) is 2.54. The first-order valence-corrected chi connectivity index (χ1v) is 7.03. The molecular weight excluding hydrogens is 340 g/mol. The van der Waals surface area contributed by atoms with E-state index < -0.39 is 41.0 Å². The summed E-state index contributed by atoms with van der Waals surface area (Å²) in [6.07, 6.45) is 0.808. The van der Waals surface area contributed by atoms with Crippen LogP contribution >= 0.6 is 0 Å². The molecule has 1 heterocycles. The lowest BCUT2D eigenvalue weighted by atomic mass is 10.1. The fraction of sp³-hybridized carbons (Fsp3) is 0.0588. The molecule has 0 aliphatic heterocycles. The van der Waals surface area contributed by atoms with E-state index in [2.05, 4.69) is 4.98 Å². The van der Waals surface area contributed by atoms with Crippen LogP contribution in [-0.2, 0) is 6.61 Å². The SMILES string of the molecule is N=Cc1c(=O)[nH]c(OCc2c(F)cc(F)cc2F)c2cc(F)ccc12. The van der Waals surface area contributed by atoms with E-state index in [9.17, 15) is 22.4 Å². The summed E-state index contributed by atoms with van der Waals surface area (Å²) in [5, 5.41) is 7.66. The fourth-order valence-electron chi connectivity index (χ4n) is 2.41. The van der Waals surface area contributed by atoms with Crippen molar-refractivity contribution < 1.29 is 22.3 Å². The fourth-order valence-corrected chi connectivity index (χ4v) is 2.41. The Morgan fingerprint density at radius 2 is 1.68 bits per heavy atom. The molecule has 4 nitrogen and oxygen atoms in total. The molecule has 0 fully saturated rings. The van der Waals surface area contributed by atoms with Gasteiger partial charge in [-0.05, 0) is 12.1 Å². The molecule has 2 aromatic carbocycles. The van der Waals surface area contributed by atoms with Crippen molar-refractivity contribution in [3.63, 3.8) is 0 Å². The Labute approximate surface area is 138 Å². The first-order chi connectivity index (χ1) is 11.9. The Morgan fingerprint density at radius 3 is 2.32 bits per heavy atom. The minimum atomic E-state index is -1.15. The summed E-state index contributed by atoms with van der Waals surface area (Å²) in [5.41, 5.74) is -1.23. The second-order valence-corrected chi connectivity index (χ2v) is 5.17. The van der Waals surface area contributed by atoms with Crippen molar-refractivity contribution in [2.24, 2.45) is 0 Å². The van der Waals surface area contributed by atoms with Crippen LogP contribution in [0, 0.1) is 28.7 Å². The van der Waals surface area contributed by atoms with Crippen molar-refractivity contribution in [3.05, 3.63) is 75.1 Å². The highest BCUT2D eigenvalue weighted by molar-refractivity contribution is 6.00. The van der Waals surface area contributed by atoms with E-state index >= 15 is 0 Å². The Kier molecular flexibility index (Phi) is 4.26. The van der Waals surface area contributed by atoms with Crippen molar-refractivity contribution in [2.75, 3.05) is 0 Å². The zero-order chi connectivity index (χ0) is 18.1. The summed E-state index contributed by atoms with van der Waals surface area (Å²) in [6, 6.07) is 4.47. The second kappa shape index (κ2) is 6.39. The standard InChI is InChI=1S/C17H10F4N2O2/c18-8-1-2-10-11(3-8)17(23-16(24)12(10)6-22)25-7-13-14(20)4-9(19)5-15(13)21/h1-6,22H,7H2,(H,23,24). The molecule has 0 spiro atoms. The van der Waals surface area contributed by atoms with Gasteiger partial charge in [0.15, 0.2) is 0 Å². The molecule has 3 rings (SSSR count). The molecule has 0 atom stereocenters. The zero-order valence-electron chi connectivity index (χ0n) is 12.5. The average molecular weight is 350 g/mol. The summed E-state index contributed by atoms with van der Waals surface area (Å²) < 4.78 is 59.0. The molecule has 8 heteroatoms. The highest BCUT2D eigenvalue weighted by Gasteiger charge is 2.15. The van der Waals surface area contributed by atoms with Gasteiger partial charge < -0.3 is 10.1 Å². The largest absolute Gasteiger partial charge is 0.473 e. The third-order valence-corrected chi connectivity index (χ3v) is 3.60. The van der Waals surface area contributed by atoms with Gasteiger partial charge >= 0.3 is 0 Å². The minimum absolute atomic E-state index is 0.0125. The normalized spacial score (nSPS) is 10.9. The van der Waals surface area contributed by atoms with Crippen LogP contribution in [0.3, 0.4) is 0 Å². The number of fused-ring (bicyclic) bond motifs is 1. The Hall–Kier alpha value is -3.16. The van der Waals surface area contributed by atoms with E-state index in [0.717, 1.165) is 18.3 Å². The Balaban J connectivity index is 2.07. The van der Waals surface area contributed by atoms with Gasteiger partial charge in [-0.1, -0.05) is 6.07 Å². The molecule has 25 heavy (non-hydrogen) atoms. The number of halogens is 4. The molecule has 2 N–H and O–H groups in total. The van der Waals surface area contributed by atoms with E-state index in [1.807, 2.05) is 0 Å². The van der Waals surface area contributed by atoms with E-state index in [-0.39, 0.29) is 22.2 Å². The third-order valence-electron chi connectivity index (χ3n) is 3.60. The van der Waals surface area contributed by atoms with Crippen molar-refractivity contribution in [3.8, 4) is 5.88 Å². The van der Waals surface area contributed by atoms with Crippen molar-refractivity contribution in [1.29, 1.82) is 5.41 Å². The third kappa shape index (κ3) is 3.10. The quantitative estimate of drug-likeness (QED) is 0.557. The summed E-state index contributed by atoms with van der Waals surface area (Å²) in [7, 11) is 0. The van der Waals surface area contributed by atoms with Crippen molar-refractivity contribution in [1.82, 2.24) is 4.98 Å². The smallest absolute Gasteiger partial charge is 0.260 e. The molecule has 0 radical (unpaired) electrons. The van der Waals surface area contributed by atoms with Gasteiger partial charge in [0, 0.05) is 29.1 Å². The lowest BCUT2D eigenvalue weighted by molar-refractivity contribution is 0.283. The number of aromatic nitrogens is 1. The highest BCUT2D eigenvalue weighted by atomic mass is 19.1. The van der Waals surface area contributed by atoms with Crippen molar-refractivity contribution in [2.45, 2.75) is 6.61 Å². The predicted molar refractivity (Wildman–Crippen MR) is 83.1 cm³/mol. The first kappa shape index (κ1) is 16.7.